The fourth-order valence-electron chi connectivity index (χ4n) is 3.01. The number of halogens is 4. The Balaban J connectivity index is 1.76. The fraction of sp³-hybridized carbons (Fsp3) is 0.278. The molecule has 0 fully saturated rings. The summed E-state index contributed by atoms with van der Waals surface area (Å²) in [5.41, 5.74) is 1.44. The largest absolute Gasteiger partial charge is 0.417 e. The number of carbonyl (C=O) groups is 1. The van der Waals surface area contributed by atoms with Gasteiger partial charge in [0.05, 0.1) is 16.7 Å². The molecule has 0 bridgehead atoms. The smallest absolute Gasteiger partial charge is 0.393 e. The number of anilines is 2. The van der Waals surface area contributed by atoms with Crippen LogP contribution in [0.5, 0.6) is 0 Å². The van der Waals surface area contributed by atoms with Gasteiger partial charge in [-0.2, -0.15) is 13.2 Å². The molecule has 8 heteroatoms. The van der Waals surface area contributed by atoms with Gasteiger partial charge in [0.1, 0.15) is 0 Å². The van der Waals surface area contributed by atoms with E-state index in [9.17, 15) is 23.1 Å². The Kier molecular flexibility index (Phi) is 5.11. The van der Waals surface area contributed by atoms with Gasteiger partial charge in [-0.3, -0.25) is 0 Å². The van der Waals surface area contributed by atoms with Crippen LogP contribution in [0.2, 0.25) is 5.02 Å². The molecule has 0 aliphatic heterocycles. The second-order valence-electron chi connectivity index (χ2n) is 6.11. The Labute approximate surface area is 153 Å². The van der Waals surface area contributed by atoms with Crippen molar-refractivity contribution in [1.29, 1.82) is 0 Å². The van der Waals surface area contributed by atoms with Gasteiger partial charge in [0.25, 0.3) is 0 Å². The number of carbonyl (C=O) groups excluding carboxylic acids is 1. The molecule has 0 radical (unpaired) electrons. The van der Waals surface area contributed by atoms with Crippen LogP contribution >= 0.6 is 11.6 Å². The van der Waals surface area contributed by atoms with E-state index in [0.717, 1.165) is 23.3 Å². The number of aliphatic hydroxyl groups excluding tert-OH is 1. The molecule has 2 aromatic rings. The van der Waals surface area contributed by atoms with Crippen LogP contribution in [0.4, 0.5) is 29.3 Å². The first-order chi connectivity index (χ1) is 12.2. The quantitative estimate of drug-likeness (QED) is 0.693. The molecule has 3 N–H and O–H groups in total. The van der Waals surface area contributed by atoms with Crippen LogP contribution in [0.15, 0.2) is 36.4 Å². The molecule has 1 aliphatic carbocycles. The van der Waals surface area contributed by atoms with Crippen LogP contribution in [-0.4, -0.2) is 17.2 Å². The monoisotopic (exact) mass is 384 g/mol. The average molecular weight is 385 g/mol. The highest BCUT2D eigenvalue weighted by atomic mass is 35.5. The summed E-state index contributed by atoms with van der Waals surface area (Å²) in [6.07, 6.45) is -3.28. The summed E-state index contributed by atoms with van der Waals surface area (Å²) >= 11 is 5.57. The lowest BCUT2D eigenvalue weighted by Crippen LogP contribution is -2.24. The van der Waals surface area contributed by atoms with Crippen LogP contribution in [0, 0.1) is 0 Å². The summed E-state index contributed by atoms with van der Waals surface area (Å²) in [6, 6.07) is 7.89. The van der Waals surface area contributed by atoms with Crippen LogP contribution in [0.1, 0.15) is 23.1 Å². The predicted molar refractivity (Wildman–Crippen MR) is 93.6 cm³/mol. The van der Waals surface area contributed by atoms with Crippen molar-refractivity contribution in [3.05, 3.63) is 58.1 Å². The van der Waals surface area contributed by atoms with E-state index in [1.54, 1.807) is 12.1 Å². The maximum absolute atomic E-state index is 12.9. The lowest BCUT2D eigenvalue weighted by molar-refractivity contribution is -0.137. The van der Waals surface area contributed by atoms with Gasteiger partial charge in [-0.15, -0.1) is 0 Å². The predicted octanol–water partition coefficient (Wildman–Crippen LogP) is 4.85. The molecule has 2 amide bonds. The van der Waals surface area contributed by atoms with Crippen molar-refractivity contribution >= 4 is 29.0 Å². The SMILES string of the molecule is O=C(Nc1ccc(Cl)c(C(F)(F)F)c1)Nc1cccc2c1CCC(O)C2. The van der Waals surface area contributed by atoms with Crippen molar-refractivity contribution in [2.75, 3.05) is 10.6 Å². The van der Waals surface area contributed by atoms with E-state index in [1.807, 2.05) is 6.07 Å². The zero-order valence-electron chi connectivity index (χ0n) is 13.5. The van der Waals surface area contributed by atoms with E-state index >= 15 is 0 Å². The molecule has 3 rings (SSSR count). The molecule has 0 heterocycles. The summed E-state index contributed by atoms with van der Waals surface area (Å²) in [6.45, 7) is 0. The first-order valence-corrected chi connectivity index (χ1v) is 8.35. The third kappa shape index (κ3) is 4.11. The zero-order chi connectivity index (χ0) is 18.9. The second-order valence-corrected chi connectivity index (χ2v) is 6.52. The number of benzene rings is 2. The molecule has 0 aromatic heterocycles. The molecule has 0 saturated heterocycles. The Morgan fingerprint density at radius 1 is 1.19 bits per heavy atom. The van der Waals surface area contributed by atoms with Gasteiger partial charge in [-0.05, 0) is 54.7 Å². The summed E-state index contributed by atoms with van der Waals surface area (Å²) in [4.78, 5) is 12.2. The van der Waals surface area contributed by atoms with E-state index in [-0.39, 0.29) is 5.69 Å². The Hall–Kier alpha value is -2.25. The molecular weight excluding hydrogens is 369 g/mol. The summed E-state index contributed by atoms with van der Waals surface area (Å²) in [5.74, 6) is 0. The third-order valence-electron chi connectivity index (χ3n) is 4.23. The minimum absolute atomic E-state index is 0.0144. The van der Waals surface area contributed by atoms with Gasteiger partial charge in [-0.1, -0.05) is 23.7 Å². The lowest BCUT2D eigenvalue weighted by Gasteiger charge is -2.23. The van der Waals surface area contributed by atoms with Gasteiger partial charge in [0, 0.05) is 11.4 Å². The highest BCUT2D eigenvalue weighted by molar-refractivity contribution is 6.31. The van der Waals surface area contributed by atoms with Gasteiger partial charge in [-0.25, -0.2) is 4.79 Å². The van der Waals surface area contributed by atoms with Crippen molar-refractivity contribution in [2.45, 2.75) is 31.5 Å². The van der Waals surface area contributed by atoms with E-state index in [0.29, 0.717) is 24.9 Å². The number of urea groups is 1. The van der Waals surface area contributed by atoms with Gasteiger partial charge in [0.2, 0.25) is 0 Å². The number of rotatable bonds is 2. The van der Waals surface area contributed by atoms with Crippen molar-refractivity contribution < 1.29 is 23.1 Å². The average Bonchev–Trinajstić information content (AvgIpc) is 2.55. The summed E-state index contributed by atoms with van der Waals surface area (Å²) in [5, 5.41) is 14.4. The molecule has 26 heavy (non-hydrogen) atoms. The molecular formula is C18H16ClF3N2O2. The van der Waals surface area contributed by atoms with Crippen molar-refractivity contribution in [1.82, 2.24) is 0 Å². The maximum atomic E-state index is 12.9. The van der Waals surface area contributed by atoms with Crippen molar-refractivity contribution in [2.24, 2.45) is 0 Å². The topological polar surface area (TPSA) is 61.4 Å². The standard InChI is InChI=1S/C18H16ClF3N2O2/c19-15-7-4-11(9-14(15)18(20,21)22)23-17(26)24-16-3-1-2-10-8-12(25)5-6-13(10)16/h1-4,7,9,12,25H,5-6,8H2,(H2,23,24,26). The van der Waals surface area contributed by atoms with E-state index < -0.39 is 28.9 Å². The van der Waals surface area contributed by atoms with Gasteiger partial charge < -0.3 is 15.7 Å². The molecule has 0 saturated carbocycles. The zero-order valence-corrected chi connectivity index (χ0v) is 14.3. The number of hydrogen-bond donors (Lipinski definition) is 3. The molecule has 1 unspecified atom stereocenters. The Morgan fingerprint density at radius 2 is 1.96 bits per heavy atom. The highest BCUT2D eigenvalue weighted by Crippen LogP contribution is 2.36. The highest BCUT2D eigenvalue weighted by Gasteiger charge is 2.33. The summed E-state index contributed by atoms with van der Waals surface area (Å²) in [7, 11) is 0. The lowest BCUT2D eigenvalue weighted by atomic mass is 9.89. The van der Waals surface area contributed by atoms with Crippen LogP contribution in [0.3, 0.4) is 0 Å². The first-order valence-electron chi connectivity index (χ1n) is 7.97. The fourth-order valence-corrected chi connectivity index (χ4v) is 3.23. The number of amides is 2. The Morgan fingerprint density at radius 3 is 2.69 bits per heavy atom. The van der Waals surface area contributed by atoms with Crippen LogP contribution in [0.25, 0.3) is 0 Å². The number of aliphatic hydroxyl groups is 1. The summed E-state index contributed by atoms with van der Waals surface area (Å²) < 4.78 is 38.7. The number of hydrogen-bond acceptors (Lipinski definition) is 2. The minimum Gasteiger partial charge on any atom is -0.393 e. The maximum Gasteiger partial charge on any atom is 0.417 e. The van der Waals surface area contributed by atoms with Crippen molar-refractivity contribution in [3.63, 3.8) is 0 Å². The minimum atomic E-state index is -4.61. The first kappa shape index (κ1) is 18.5. The molecule has 1 aliphatic rings. The van der Waals surface area contributed by atoms with Crippen molar-refractivity contribution in [3.8, 4) is 0 Å². The molecule has 0 spiro atoms. The van der Waals surface area contributed by atoms with E-state index in [1.165, 1.54) is 6.07 Å². The number of nitrogens with one attached hydrogen (secondary N) is 2. The Bertz CT molecular complexity index is 840. The molecule has 4 nitrogen and oxygen atoms in total. The van der Waals surface area contributed by atoms with Crippen LogP contribution < -0.4 is 10.6 Å². The molecule has 1 atom stereocenters. The normalized spacial score (nSPS) is 16.7. The third-order valence-corrected chi connectivity index (χ3v) is 4.56. The molecule has 2 aromatic carbocycles. The van der Waals surface area contributed by atoms with E-state index in [2.05, 4.69) is 10.6 Å². The second kappa shape index (κ2) is 7.17. The number of fused-ring (bicyclic) bond motifs is 1. The molecule has 138 valence electrons. The van der Waals surface area contributed by atoms with Crippen LogP contribution in [-0.2, 0) is 19.0 Å². The van der Waals surface area contributed by atoms with Gasteiger partial charge >= 0.3 is 12.2 Å². The van der Waals surface area contributed by atoms with Gasteiger partial charge in [0.15, 0.2) is 0 Å². The number of alkyl halides is 3. The van der Waals surface area contributed by atoms with E-state index in [4.69, 9.17) is 11.6 Å².